The summed E-state index contributed by atoms with van der Waals surface area (Å²) in [6, 6.07) is 5.81. The Morgan fingerprint density at radius 1 is 1.19 bits per heavy atom. The van der Waals surface area contributed by atoms with Crippen LogP contribution >= 0.6 is 11.8 Å². The zero-order chi connectivity index (χ0) is 20.1. The minimum absolute atomic E-state index is 0.0590. The largest absolute Gasteiger partial charge is 0.507 e. The van der Waals surface area contributed by atoms with Gasteiger partial charge in [-0.05, 0) is 29.8 Å². The summed E-state index contributed by atoms with van der Waals surface area (Å²) >= 11 is 0.664. The highest BCUT2D eigenvalue weighted by Gasteiger charge is 2.21. The third kappa shape index (κ3) is 5.27. The van der Waals surface area contributed by atoms with Gasteiger partial charge in [-0.25, -0.2) is 8.78 Å². The number of halogens is 2. The highest BCUT2D eigenvalue weighted by molar-refractivity contribution is 8.14. The summed E-state index contributed by atoms with van der Waals surface area (Å²) < 4.78 is 27.0. The van der Waals surface area contributed by atoms with Gasteiger partial charge in [-0.2, -0.15) is 0 Å². The van der Waals surface area contributed by atoms with Gasteiger partial charge in [0.05, 0.1) is 5.56 Å². The standard InChI is InChI=1S/C18H16F2N2O4S/c1-9(23)22-15(17(21)25)8-27-18(26)13-6-10(2-5-16(13)24)12-4-3-11(19)7-14(12)20/h2-7,15,24H,8H2,1H3,(H2,21,25)(H,22,23). The lowest BCUT2D eigenvalue weighted by molar-refractivity contribution is -0.125. The number of carbonyl (C=O) groups excluding carboxylic acids is 3. The van der Waals surface area contributed by atoms with E-state index < -0.39 is 34.6 Å². The maximum Gasteiger partial charge on any atom is 0.240 e. The minimum atomic E-state index is -1.06. The minimum Gasteiger partial charge on any atom is -0.507 e. The number of primary amides is 1. The van der Waals surface area contributed by atoms with Crippen molar-refractivity contribution >= 4 is 28.7 Å². The van der Waals surface area contributed by atoms with Crippen LogP contribution < -0.4 is 11.1 Å². The molecule has 2 aromatic rings. The van der Waals surface area contributed by atoms with Gasteiger partial charge in [0.25, 0.3) is 0 Å². The average Bonchev–Trinajstić information content (AvgIpc) is 2.58. The molecule has 0 bridgehead atoms. The van der Waals surface area contributed by atoms with Crippen LogP contribution in [0.2, 0.25) is 0 Å². The molecule has 9 heteroatoms. The smallest absolute Gasteiger partial charge is 0.240 e. The molecule has 1 unspecified atom stereocenters. The summed E-state index contributed by atoms with van der Waals surface area (Å²) in [5.41, 5.74) is 5.38. The monoisotopic (exact) mass is 394 g/mol. The molecule has 1 atom stereocenters. The second-order valence-corrected chi connectivity index (χ2v) is 6.60. The fraction of sp³-hybridized carbons (Fsp3) is 0.167. The van der Waals surface area contributed by atoms with Crippen LogP contribution in [0.1, 0.15) is 17.3 Å². The number of hydrogen-bond acceptors (Lipinski definition) is 5. The lowest BCUT2D eigenvalue weighted by Crippen LogP contribution is -2.45. The highest BCUT2D eigenvalue weighted by Crippen LogP contribution is 2.30. The molecule has 0 spiro atoms. The Kier molecular flexibility index (Phi) is 6.51. The van der Waals surface area contributed by atoms with Crippen LogP contribution in [0.4, 0.5) is 8.78 Å². The quantitative estimate of drug-likeness (QED) is 0.696. The van der Waals surface area contributed by atoms with Crippen LogP contribution in [0.15, 0.2) is 36.4 Å². The number of phenols is 1. The van der Waals surface area contributed by atoms with Crippen LogP contribution in [-0.2, 0) is 9.59 Å². The van der Waals surface area contributed by atoms with Crippen molar-refractivity contribution in [3.05, 3.63) is 53.6 Å². The van der Waals surface area contributed by atoms with Crippen LogP contribution in [-0.4, -0.2) is 33.8 Å². The van der Waals surface area contributed by atoms with Gasteiger partial charge in [-0.15, -0.1) is 0 Å². The maximum absolute atomic E-state index is 13.9. The third-order valence-electron chi connectivity index (χ3n) is 3.56. The van der Waals surface area contributed by atoms with Crippen molar-refractivity contribution < 1.29 is 28.3 Å². The number of carbonyl (C=O) groups is 3. The molecule has 2 aromatic carbocycles. The van der Waals surface area contributed by atoms with Crippen LogP contribution in [0.25, 0.3) is 11.1 Å². The first-order valence-electron chi connectivity index (χ1n) is 7.71. The molecule has 4 N–H and O–H groups in total. The molecular weight excluding hydrogens is 378 g/mol. The Morgan fingerprint density at radius 3 is 2.48 bits per heavy atom. The van der Waals surface area contributed by atoms with E-state index in [2.05, 4.69) is 5.32 Å². The van der Waals surface area contributed by atoms with Crippen molar-refractivity contribution in [1.82, 2.24) is 5.32 Å². The summed E-state index contributed by atoms with van der Waals surface area (Å²) in [4.78, 5) is 34.8. The van der Waals surface area contributed by atoms with Gasteiger partial charge >= 0.3 is 0 Å². The molecule has 0 saturated carbocycles. The number of nitrogens with two attached hydrogens (primary N) is 1. The van der Waals surface area contributed by atoms with Gasteiger partial charge in [-0.3, -0.25) is 14.4 Å². The van der Waals surface area contributed by atoms with E-state index in [4.69, 9.17) is 5.73 Å². The van der Waals surface area contributed by atoms with Gasteiger partial charge in [0.2, 0.25) is 16.9 Å². The van der Waals surface area contributed by atoms with Crippen molar-refractivity contribution in [2.45, 2.75) is 13.0 Å². The van der Waals surface area contributed by atoms with Gasteiger partial charge in [0, 0.05) is 24.3 Å². The van der Waals surface area contributed by atoms with E-state index in [0.29, 0.717) is 17.8 Å². The van der Waals surface area contributed by atoms with Crippen molar-refractivity contribution in [1.29, 1.82) is 0 Å². The highest BCUT2D eigenvalue weighted by atomic mass is 32.2. The number of amides is 2. The Hall–Kier alpha value is -2.94. The van der Waals surface area contributed by atoms with Gasteiger partial charge < -0.3 is 16.2 Å². The molecule has 6 nitrogen and oxygen atoms in total. The van der Waals surface area contributed by atoms with Gasteiger partial charge in [0.1, 0.15) is 23.4 Å². The zero-order valence-corrected chi connectivity index (χ0v) is 15.0. The molecule has 0 aliphatic rings. The number of rotatable bonds is 6. The molecule has 2 amide bonds. The molecule has 0 aromatic heterocycles. The van der Waals surface area contributed by atoms with Crippen molar-refractivity contribution in [3.63, 3.8) is 0 Å². The predicted molar refractivity (Wildman–Crippen MR) is 97.0 cm³/mol. The van der Waals surface area contributed by atoms with Crippen LogP contribution in [0, 0.1) is 11.6 Å². The van der Waals surface area contributed by atoms with E-state index in [9.17, 15) is 28.3 Å². The molecule has 0 aliphatic carbocycles. The fourth-order valence-electron chi connectivity index (χ4n) is 2.27. The van der Waals surface area contributed by atoms with E-state index >= 15 is 0 Å². The lowest BCUT2D eigenvalue weighted by Gasteiger charge is -2.13. The average molecular weight is 394 g/mol. The van der Waals surface area contributed by atoms with Crippen molar-refractivity contribution in [2.75, 3.05) is 5.75 Å². The molecular formula is C18H16F2N2O4S. The molecule has 0 aliphatic heterocycles. The van der Waals surface area contributed by atoms with Crippen molar-refractivity contribution in [3.8, 4) is 16.9 Å². The van der Waals surface area contributed by atoms with E-state index in [0.717, 1.165) is 6.07 Å². The molecule has 2 rings (SSSR count). The number of aromatic hydroxyl groups is 1. The van der Waals surface area contributed by atoms with E-state index in [1.807, 2.05) is 0 Å². The SMILES string of the molecule is CC(=O)NC(CSC(=O)c1cc(-c2ccc(F)cc2F)ccc1O)C(N)=O. The van der Waals surface area contributed by atoms with E-state index in [-0.39, 0.29) is 28.2 Å². The van der Waals surface area contributed by atoms with Gasteiger partial charge in [-0.1, -0.05) is 17.8 Å². The third-order valence-corrected chi connectivity index (χ3v) is 4.54. The second-order valence-electron chi connectivity index (χ2n) is 5.61. The molecule has 0 fully saturated rings. The number of hydrogen-bond donors (Lipinski definition) is 3. The Bertz CT molecular complexity index is 905. The van der Waals surface area contributed by atoms with Crippen molar-refractivity contribution in [2.24, 2.45) is 5.73 Å². The predicted octanol–water partition coefficient (Wildman–Crippen LogP) is 2.20. The second kappa shape index (κ2) is 8.63. The lowest BCUT2D eigenvalue weighted by atomic mass is 10.0. The Labute approximate surface area is 157 Å². The maximum atomic E-state index is 13.9. The zero-order valence-electron chi connectivity index (χ0n) is 14.2. The fourth-order valence-corrected chi connectivity index (χ4v) is 3.15. The number of thioether (sulfide) groups is 1. The molecule has 27 heavy (non-hydrogen) atoms. The summed E-state index contributed by atoms with van der Waals surface area (Å²) in [5.74, 6) is -3.32. The summed E-state index contributed by atoms with van der Waals surface area (Å²) in [7, 11) is 0. The summed E-state index contributed by atoms with van der Waals surface area (Å²) in [5, 5.41) is 11.6. The summed E-state index contributed by atoms with van der Waals surface area (Å²) in [6.07, 6.45) is 0. The Balaban J connectivity index is 2.23. The first-order chi connectivity index (χ1) is 12.7. The first-order valence-corrected chi connectivity index (χ1v) is 8.69. The number of phenolic OH excluding ortho intramolecular Hbond substituents is 1. The van der Waals surface area contributed by atoms with Gasteiger partial charge in [0.15, 0.2) is 0 Å². The first kappa shape index (κ1) is 20.4. The van der Waals surface area contributed by atoms with Crippen LogP contribution in [0.5, 0.6) is 5.75 Å². The molecule has 0 radical (unpaired) electrons. The molecule has 0 heterocycles. The summed E-state index contributed by atoms with van der Waals surface area (Å²) in [6.45, 7) is 1.20. The van der Waals surface area contributed by atoms with Crippen LogP contribution in [0.3, 0.4) is 0 Å². The Morgan fingerprint density at radius 2 is 1.89 bits per heavy atom. The van der Waals surface area contributed by atoms with E-state index in [1.54, 1.807) is 0 Å². The number of benzene rings is 2. The molecule has 142 valence electrons. The van der Waals surface area contributed by atoms with E-state index in [1.165, 1.54) is 31.2 Å². The normalized spacial score (nSPS) is 11.7. The molecule has 0 saturated heterocycles. The number of nitrogens with one attached hydrogen (secondary N) is 1. The topological polar surface area (TPSA) is 109 Å².